The molecule has 0 radical (unpaired) electrons. The molecule has 0 N–H and O–H groups in total. The number of nitrogens with zero attached hydrogens (tertiary/aromatic N) is 3. The van der Waals surface area contributed by atoms with E-state index >= 15 is 0 Å². The minimum absolute atomic E-state index is 0.423. The van der Waals surface area contributed by atoms with Gasteiger partial charge in [-0.05, 0) is 31.9 Å². The molecule has 0 aliphatic carbocycles. The van der Waals surface area contributed by atoms with E-state index in [2.05, 4.69) is 15.0 Å². The molecule has 0 spiro atoms. The van der Waals surface area contributed by atoms with Crippen molar-refractivity contribution in [1.29, 1.82) is 0 Å². The van der Waals surface area contributed by atoms with E-state index in [9.17, 15) is 0 Å². The van der Waals surface area contributed by atoms with Crippen LogP contribution < -0.4 is 0 Å². The highest BCUT2D eigenvalue weighted by molar-refractivity contribution is 7.99. The predicted molar refractivity (Wildman–Crippen MR) is 68.9 cm³/mol. The Balaban J connectivity index is 2.26. The Morgan fingerprint density at radius 1 is 1.24 bits per heavy atom. The number of rotatable bonds is 3. The van der Waals surface area contributed by atoms with Gasteiger partial charge < -0.3 is 4.42 Å². The third-order valence-electron chi connectivity index (χ3n) is 2.03. The van der Waals surface area contributed by atoms with Crippen LogP contribution in [0.15, 0.2) is 25.9 Å². The smallest absolute Gasteiger partial charge is 0.262 e. The lowest BCUT2D eigenvalue weighted by molar-refractivity contribution is 0.431. The summed E-state index contributed by atoms with van der Waals surface area (Å²) < 4.78 is 5.47. The summed E-state index contributed by atoms with van der Waals surface area (Å²) in [7, 11) is 0. The van der Waals surface area contributed by atoms with E-state index in [0.29, 0.717) is 15.5 Å². The maximum absolute atomic E-state index is 5.90. The van der Waals surface area contributed by atoms with Crippen LogP contribution in [0, 0.1) is 13.8 Å². The SMILES string of the molecule is CSc1nc(Cl)cc(Sc2nc(C)c(C)o2)n1. The second-order valence-electron chi connectivity index (χ2n) is 3.24. The third kappa shape index (κ3) is 3.14. The molecule has 2 aromatic rings. The van der Waals surface area contributed by atoms with Gasteiger partial charge in [0.1, 0.15) is 15.9 Å². The number of oxazole rings is 1. The fourth-order valence-corrected chi connectivity index (χ4v) is 2.66. The first kappa shape index (κ1) is 12.7. The topological polar surface area (TPSA) is 51.8 Å². The quantitative estimate of drug-likeness (QED) is 0.488. The predicted octanol–water partition coefficient (Wildman–Crippen LogP) is 3.61. The molecule has 17 heavy (non-hydrogen) atoms. The van der Waals surface area contributed by atoms with Gasteiger partial charge in [0.05, 0.1) is 5.69 Å². The highest BCUT2D eigenvalue weighted by Gasteiger charge is 2.10. The molecule has 0 saturated carbocycles. The standard InChI is InChI=1S/C10H10ClN3OS2/c1-5-6(2)15-10(12-5)17-8-4-7(11)13-9(14-8)16-3/h4H,1-3H3. The zero-order valence-corrected chi connectivity index (χ0v) is 11.9. The highest BCUT2D eigenvalue weighted by Crippen LogP contribution is 2.29. The Bertz CT molecular complexity index is 525. The molecule has 0 unspecified atom stereocenters. The molecular formula is C10H10ClN3OS2. The van der Waals surface area contributed by atoms with Crippen molar-refractivity contribution in [3.8, 4) is 0 Å². The van der Waals surface area contributed by atoms with E-state index in [-0.39, 0.29) is 0 Å². The molecule has 0 saturated heterocycles. The largest absolute Gasteiger partial charge is 0.436 e. The van der Waals surface area contributed by atoms with Crippen LogP contribution >= 0.6 is 35.1 Å². The Morgan fingerprint density at radius 3 is 2.59 bits per heavy atom. The van der Waals surface area contributed by atoms with Crippen LogP contribution in [0.25, 0.3) is 0 Å². The third-order valence-corrected chi connectivity index (χ3v) is 3.54. The summed E-state index contributed by atoms with van der Waals surface area (Å²) in [6, 6.07) is 1.70. The van der Waals surface area contributed by atoms with Crippen LogP contribution in [0.2, 0.25) is 5.15 Å². The second-order valence-corrected chi connectivity index (χ2v) is 5.37. The maximum atomic E-state index is 5.90. The first-order chi connectivity index (χ1) is 8.08. The van der Waals surface area contributed by atoms with Crippen molar-refractivity contribution < 1.29 is 4.42 Å². The number of aromatic nitrogens is 3. The Hall–Kier alpha value is -0.720. The number of aryl methyl sites for hydroxylation is 2. The summed E-state index contributed by atoms with van der Waals surface area (Å²) in [5, 5.41) is 2.37. The van der Waals surface area contributed by atoms with Gasteiger partial charge in [0.2, 0.25) is 0 Å². The van der Waals surface area contributed by atoms with E-state index in [1.54, 1.807) is 6.07 Å². The molecule has 0 bridgehead atoms. The van der Waals surface area contributed by atoms with Crippen LogP contribution in [0.5, 0.6) is 0 Å². The first-order valence-electron chi connectivity index (χ1n) is 4.79. The zero-order valence-electron chi connectivity index (χ0n) is 9.52. The van der Waals surface area contributed by atoms with Crippen LogP contribution in [0.4, 0.5) is 0 Å². The summed E-state index contributed by atoms with van der Waals surface area (Å²) in [5.74, 6) is 0.817. The van der Waals surface area contributed by atoms with Gasteiger partial charge in [-0.3, -0.25) is 0 Å². The molecule has 4 nitrogen and oxygen atoms in total. The van der Waals surface area contributed by atoms with Gasteiger partial charge in [-0.25, -0.2) is 15.0 Å². The van der Waals surface area contributed by atoms with Gasteiger partial charge in [-0.15, -0.1) is 0 Å². The highest BCUT2D eigenvalue weighted by atomic mass is 35.5. The van der Waals surface area contributed by atoms with Crippen LogP contribution in [-0.4, -0.2) is 21.2 Å². The van der Waals surface area contributed by atoms with E-state index in [1.807, 2.05) is 20.1 Å². The average molecular weight is 288 g/mol. The van der Waals surface area contributed by atoms with Gasteiger partial charge >= 0.3 is 0 Å². The molecule has 0 amide bonds. The lowest BCUT2D eigenvalue weighted by Gasteiger charge is -2.00. The van der Waals surface area contributed by atoms with Crippen molar-refractivity contribution >= 4 is 35.1 Å². The van der Waals surface area contributed by atoms with Gasteiger partial charge in [-0.2, -0.15) is 0 Å². The molecule has 0 atom stereocenters. The van der Waals surface area contributed by atoms with E-state index in [0.717, 1.165) is 16.5 Å². The van der Waals surface area contributed by atoms with Gasteiger partial charge in [0, 0.05) is 6.07 Å². The van der Waals surface area contributed by atoms with Gasteiger partial charge in [0.25, 0.3) is 5.22 Å². The molecule has 0 aliphatic rings. The Kier molecular flexibility index (Phi) is 3.96. The average Bonchev–Trinajstić information content (AvgIpc) is 2.57. The number of halogens is 1. The molecule has 90 valence electrons. The summed E-state index contributed by atoms with van der Waals surface area (Å²) in [4.78, 5) is 12.7. The molecule has 2 aromatic heterocycles. The first-order valence-corrected chi connectivity index (χ1v) is 7.21. The fourth-order valence-electron chi connectivity index (χ4n) is 1.10. The molecule has 7 heteroatoms. The van der Waals surface area contributed by atoms with Crippen LogP contribution in [0.1, 0.15) is 11.5 Å². The van der Waals surface area contributed by atoms with Crippen LogP contribution in [0.3, 0.4) is 0 Å². The molecular weight excluding hydrogens is 278 g/mol. The lowest BCUT2D eigenvalue weighted by Crippen LogP contribution is -1.88. The fraction of sp³-hybridized carbons (Fsp3) is 0.300. The summed E-state index contributed by atoms with van der Waals surface area (Å²) in [5.41, 5.74) is 0.887. The van der Waals surface area contributed by atoms with Crippen molar-refractivity contribution in [3.63, 3.8) is 0 Å². The summed E-state index contributed by atoms with van der Waals surface area (Å²) in [6.45, 7) is 3.79. The normalized spacial score (nSPS) is 10.8. The van der Waals surface area contributed by atoms with Crippen molar-refractivity contribution in [3.05, 3.63) is 22.7 Å². The van der Waals surface area contributed by atoms with Crippen molar-refractivity contribution in [2.24, 2.45) is 0 Å². The Morgan fingerprint density at radius 2 is 2.00 bits per heavy atom. The van der Waals surface area contributed by atoms with Gasteiger partial charge in [-0.1, -0.05) is 23.4 Å². The second kappa shape index (κ2) is 5.29. The van der Waals surface area contributed by atoms with Crippen LogP contribution in [-0.2, 0) is 0 Å². The summed E-state index contributed by atoms with van der Waals surface area (Å²) >= 11 is 8.69. The minimum Gasteiger partial charge on any atom is -0.436 e. The maximum Gasteiger partial charge on any atom is 0.262 e. The number of hydrogen-bond acceptors (Lipinski definition) is 6. The van der Waals surface area contributed by atoms with E-state index < -0.39 is 0 Å². The molecule has 0 aliphatic heterocycles. The minimum atomic E-state index is 0.423. The monoisotopic (exact) mass is 287 g/mol. The number of hydrogen-bond donors (Lipinski definition) is 0. The molecule has 0 aromatic carbocycles. The van der Waals surface area contributed by atoms with E-state index in [1.165, 1.54) is 23.5 Å². The molecule has 2 rings (SSSR count). The zero-order chi connectivity index (χ0) is 12.4. The number of thioether (sulfide) groups is 1. The van der Waals surface area contributed by atoms with Crippen molar-refractivity contribution in [1.82, 2.24) is 15.0 Å². The lowest BCUT2D eigenvalue weighted by atomic mass is 10.4. The van der Waals surface area contributed by atoms with Crippen molar-refractivity contribution in [2.75, 3.05) is 6.26 Å². The Labute approximate surface area is 113 Å². The molecule has 2 heterocycles. The van der Waals surface area contributed by atoms with E-state index in [4.69, 9.17) is 16.0 Å². The molecule has 0 fully saturated rings. The van der Waals surface area contributed by atoms with Gasteiger partial charge in [0.15, 0.2) is 5.16 Å². The van der Waals surface area contributed by atoms with Crippen molar-refractivity contribution in [2.45, 2.75) is 29.3 Å². The summed E-state index contributed by atoms with van der Waals surface area (Å²) in [6.07, 6.45) is 1.90.